The average Bonchev–Trinajstić information content (AvgIpc) is 2.09. The molecule has 0 aromatic heterocycles. The molecule has 0 fully saturated rings. The van der Waals surface area contributed by atoms with Gasteiger partial charge >= 0.3 is 0 Å². The van der Waals surface area contributed by atoms with Crippen LogP contribution < -0.4 is 0 Å². The summed E-state index contributed by atoms with van der Waals surface area (Å²) >= 11 is 9.61. The molecule has 61 valence electrons. The Kier molecular flexibility index (Phi) is 3.50. The molecular weight excluding hydrogens is 184 g/mol. The van der Waals surface area contributed by atoms with Gasteiger partial charge in [-0.2, -0.15) is 0 Å². The van der Waals surface area contributed by atoms with E-state index in [4.69, 9.17) is 12.2 Å². The van der Waals surface area contributed by atoms with Crippen LogP contribution in [0.2, 0.25) is 0 Å². The van der Waals surface area contributed by atoms with Crippen molar-refractivity contribution in [3.8, 4) is 0 Å². The van der Waals surface area contributed by atoms with Gasteiger partial charge in [0.25, 0.3) is 0 Å². The minimum absolute atomic E-state index is 0.708. The van der Waals surface area contributed by atoms with Crippen molar-refractivity contribution in [3.63, 3.8) is 0 Å². The van der Waals surface area contributed by atoms with Crippen molar-refractivity contribution in [2.45, 2.75) is 13.3 Å². The van der Waals surface area contributed by atoms with Crippen LogP contribution in [0.15, 0.2) is 24.3 Å². The fourth-order valence-electron chi connectivity index (χ4n) is 1.02. The number of rotatable bonds is 3. The van der Waals surface area contributed by atoms with Crippen molar-refractivity contribution >= 4 is 34.7 Å². The Morgan fingerprint density at radius 3 is 2.67 bits per heavy atom. The molecule has 0 aliphatic rings. The summed E-state index contributed by atoms with van der Waals surface area (Å²) in [5, 5.41) is 2.56. The van der Waals surface area contributed by atoms with Crippen LogP contribution in [-0.2, 0) is 6.42 Å². The van der Waals surface area contributed by atoms with Gasteiger partial charge in [0, 0.05) is 11.3 Å². The number of hydrogen-bond donors (Lipinski definition) is 0. The van der Waals surface area contributed by atoms with Crippen LogP contribution in [0.3, 0.4) is 0 Å². The summed E-state index contributed by atoms with van der Waals surface area (Å²) in [6.45, 7) is 2.07. The van der Waals surface area contributed by atoms with Crippen LogP contribution in [0.5, 0.6) is 0 Å². The molecule has 0 aliphatic carbocycles. The highest BCUT2D eigenvalue weighted by Gasteiger charge is 1.98. The molecule has 0 spiro atoms. The predicted molar refractivity (Wildman–Crippen MR) is 60.1 cm³/mol. The molecule has 1 radical (unpaired) electrons. The highest BCUT2D eigenvalue weighted by molar-refractivity contribution is 7.88. The van der Waals surface area contributed by atoms with Crippen molar-refractivity contribution in [1.82, 2.24) is 0 Å². The summed E-state index contributed by atoms with van der Waals surface area (Å²) in [7, 11) is 0. The van der Waals surface area contributed by atoms with Crippen molar-refractivity contribution in [2.75, 3.05) is 0 Å². The van der Waals surface area contributed by atoms with E-state index in [2.05, 4.69) is 36.6 Å². The summed E-state index contributed by atoms with van der Waals surface area (Å²) in [6.07, 6.45) is 0.742. The molecule has 1 aromatic carbocycles. The average molecular weight is 193 g/mol. The molecule has 0 bridgehead atoms. The lowest BCUT2D eigenvalue weighted by atomic mass is 10.0. The van der Waals surface area contributed by atoms with E-state index in [0.717, 1.165) is 6.42 Å². The zero-order chi connectivity index (χ0) is 8.97. The number of hydrogen-bond acceptors (Lipinski definition) is 2. The molecule has 0 nitrogen and oxygen atoms in total. The first-order valence-corrected chi connectivity index (χ1v) is 4.51. The monoisotopic (exact) mass is 193 g/mol. The molecule has 0 N–H and O–H groups in total. The Morgan fingerprint density at radius 1 is 1.42 bits per heavy atom. The highest BCUT2D eigenvalue weighted by atomic mass is 32.1. The van der Waals surface area contributed by atoms with Gasteiger partial charge in [0.05, 0.1) is 5.37 Å². The Bertz CT molecular complexity index is 302. The lowest BCUT2D eigenvalue weighted by molar-refractivity contribution is 1.28. The third kappa shape index (κ3) is 2.47. The first-order chi connectivity index (χ1) is 5.74. The van der Waals surface area contributed by atoms with E-state index in [1.807, 2.05) is 12.1 Å². The fourth-order valence-corrected chi connectivity index (χ4v) is 1.25. The normalized spacial score (nSPS) is 9.42. The molecule has 0 heterocycles. The molecule has 0 saturated heterocycles. The SMILES string of the molecule is Cc1ccccc1CC(=S)[C]=S. The van der Waals surface area contributed by atoms with Gasteiger partial charge in [0.1, 0.15) is 0 Å². The van der Waals surface area contributed by atoms with Gasteiger partial charge in [0.15, 0.2) is 0 Å². The first kappa shape index (κ1) is 9.49. The molecule has 0 atom stereocenters. The van der Waals surface area contributed by atoms with Crippen molar-refractivity contribution in [1.29, 1.82) is 0 Å². The summed E-state index contributed by atoms with van der Waals surface area (Å²) in [6, 6.07) is 8.16. The highest BCUT2D eigenvalue weighted by Crippen LogP contribution is 2.07. The van der Waals surface area contributed by atoms with E-state index in [0.29, 0.717) is 4.86 Å². The van der Waals surface area contributed by atoms with E-state index in [-0.39, 0.29) is 0 Å². The molecule has 1 rings (SSSR count). The number of benzene rings is 1. The Hall–Kier alpha value is -0.600. The van der Waals surface area contributed by atoms with Crippen LogP contribution in [-0.4, -0.2) is 10.2 Å². The van der Waals surface area contributed by atoms with Crippen LogP contribution >= 0.6 is 24.4 Å². The summed E-state index contributed by atoms with van der Waals surface area (Å²) in [5.74, 6) is 0. The quantitative estimate of drug-likeness (QED) is 0.677. The summed E-state index contributed by atoms with van der Waals surface area (Å²) < 4.78 is 0. The molecule has 0 saturated carbocycles. The van der Waals surface area contributed by atoms with Gasteiger partial charge < -0.3 is 0 Å². The van der Waals surface area contributed by atoms with Crippen molar-refractivity contribution in [2.24, 2.45) is 0 Å². The van der Waals surface area contributed by atoms with Gasteiger partial charge in [-0.25, -0.2) is 0 Å². The number of aryl methyl sites for hydroxylation is 1. The van der Waals surface area contributed by atoms with Crippen molar-refractivity contribution < 1.29 is 0 Å². The lowest BCUT2D eigenvalue weighted by Gasteiger charge is -2.02. The van der Waals surface area contributed by atoms with Crippen molar-refractivity contribution in [3.05, 3.63) is 35.4 Å². The molecule has 1 aromatic rings. The summed E-state index contributed by atoms with van der Waals surface area (Å²) in [5.41, 5.74) is 2.49. The van der Waals surface area contributed by atoms with E-state index in [1.165, 1.54) is 11.1 Å². The standard InChI is InChI=1S/C10H9S2/c1-8-4-2-3-5-9(8)6-10(12)7-11/h2-5H,6H2,1H3. The van der Waals surface area contributed by atoms with E-state index in [1.54, 1.807) is 0 Å². The second kappa shape index (κ2) is 4.43. The predicted octanol–water partition coefficient (Wildman–Crippen LogP) is 2.78. The van der Waals surface area contributed by atoms with E-state index < -0.39 is 0 Å². The van der Waals surface area contributed by atoms with Gasteiger partial charge in [-0.15, -0.1) is 0 Å². The largest absolute Gasteiger partial charge is 0.0829 e. The van der Waals surface area contributed by atoms with Crippen LogP contribution in [0.1, 0.15) is 11.1 Å². The Labute approximate surface area is 83.6 Å². The topological polar surface area (TPSA) is 0 Å². The van der Waals surface area contributed by atoms with Gasteiger partial charge in [0.2, 0.25) is 0 Å². The third-order valence-corrected chi connectivity index (χ3v) is 2.35. The van der Waals surface area contributed by atoms with Gasteiger partial charge in [-0.05, 0) is 18.1 Å². The van der Waals surface area contributed by atoms with E-state index in [9.17, 15) is 0 Å². The minimum Gasteiger partial charge on any atom is -0.0829 e. The third-order valence-electron chi connectivity index (χ3n) is 1.73. The fraction of sp³-hybridized carbons (Fsp3) is 0.200. The van der Waals surface area contributed by atoms with E-state index >= 15 is 0 Å². The zero-order valence-corrected chi connectivity index (χ0v) is 8.47. The zero-order valence-electron chi connectivity index (χ0n) is 6.83. The van der Waals surface area contributed by atoms with Crippen LogP contribution in [0.4, 0.5) is 0 Å². The minimum atomic E-state index is 0.708. The van der Waals surface area contributed by atoms with Crippen LogP contribution in [0.25, 0.3) is 0 Å². The molecule has 0 aliphatic heterocycles. The lowest BCUT2D eigenvalue weighted by Crippen LogP contribution is -2.00. The molecule has 0 unspecified atom stereocenters. The van der Waals surface area contributed by atoms with Gasteiger partial charge in [-0.1, -0.05) is 48.7 Å². The second-order valence-electron chi connectivity index (χ2n) is 2.63. The molecule has 12 heavy (non-hydrogen) atoms. The second-order valence-corrected chi connectivity index (χ2v) is 3.33. The Morgan fingerprint density at radius 2 is 2.08 bits per heavy atom. The smallest absolute Gasteiger partial charge is 0.0711 e. The maximum absolute atomic E-state index is 4.98. The maximum atomic E-state index is 4.98. The summed E-state index contributed by atoms with van der Waals surface area (Å²) in [4.78, 5) is 0.708. The maximum Gasteiger partial charge on any atom is 0.0711 e. The first-order valence-electron chi connectivity index (χ1n) is 3.69. The Balaban J connectivity index is 2.82. The molecule has 2 heteroatoms. The number of thiocarbonyl (C=S) groups is 2. The molecular formula is C10H9S2. The van der Waals surface area contributed by atoms with Crippen LogP contribution in [0, 0.1) is 6.92 Å². The molecule has 0 amide bonds. The van der Waals surface area contributed by atoms with Gasteiger partial charge in [-0.3, -0.25) is 0 Å².